The van der Waals surface area contributed by atoms with Crippen LogP contribution >= 0.6 is 0 Å². The SMILES string of the molecule is CNC(=O)c1cccc(NC(=O)c2ccc(Cn3ccccc3=O)o2)c1. The molecular weight excluding hydrogens is 334 g/mol. The lowest BCUT2D eigenvalue weighted by atomic mass is 10.2. The Bertz CT molecular complexity index is 1000. The number of nitrogens with zero attached hydrogens (tertiary/aromatic N) is 1. The van der Waals surface area contributed by atoms with Crippen molar-refractivity contribution in [3.63, 3.8) is 0 Å². The van der Waals surface area contributed by atoms with Crippen LogP contribution in [-0.2, 0) is 6.54 Å². The predicted octanol–water partition coefficient (Wildman–Crippen LogP) is 2.10. The Kier molecular flexibility index (Phi) is 4.98. The quantitative estimate of drug-likeness (QED) is 0.736. The molecule has 0 aliphatic rings. The molecule has 7 heteroatoms. The highest BCUT2D eigenvalue weighted by Gasteiger charge is 2.13. The van der Waals surface area contributed by atoms with Crippen LogP contribution in [0, 0.1) is 0 Å². The minimum Gasteiger partial charge on any atom is -0.454 e. The average Bonchev–Trinajstić information content (AvgIpc) is 3.12. The van der Waals surface area contributed by atoms with E-state index in [0.717, 1.165) is 0 Å². The Hall–Kier alpha value is -3.61. The Morgan fingerprint density at radius 2 is 1.88 bits per heavy atom. The molecule has 0 radical (unpaired) electrons. The molecule has 7 nitrogen and oxygen atoms in total. The van der Waals surface area contributed by atoms with Gasteiger partial charge in [-0.25, -0.2) is 0 Å². The van der Waals surface area contributed by atoms with Gasteiger partial charge in [0.25, 0.3) is 17.4 Å². The predicted molar refractivity (Wildman–Crippen MR) is 96.3 cm³/mol. The van der Waals surface area contributed by atoms with Gasteiger partial charge >= 0.3 is 0 Å². The molecular formula is C19H17N3O4. The number of aromatic nitrogens is 1. The van der Waals surface area contributed by atoms with Gasteiger partial charge in [-0.3, -0.25) is 14.4 Å². The summed E-state index contributed by atoms with van der Waals surface area (Å²) in [5.74, 6) is -0.0720. The standard InChI is InChI=1S/C19H17N3O4/c1-20-18(24)13-5-4-6-14(11-13)21-19(25)16-9-8-15(26-16)12-22-10-3-2-7-17(22)23/h2-11H,12H2,1H3,(H,20,24)(H,21,25). The zero-order valence-corrected chi connectivity index (χ0v) is 14.1. The molecule has 0 saturated heterocycles. The normalized spacial score (nSPS) is 10.3. The summed E-state index contributed by atoms with van der Waals surface area (Å²) in [4.78, 5) is 35.7. The minimum absolute atomic E-state index is 0.120. The van der Waals surface area contributed by atoms with Crippen molar-refractivity contribution in [1.82, 2.24) is 9.88 Å². The molecule has 0 unspecified atom stereocenters. The van der Waals surface area contributed by atoms with E-state index in [1.54, 1.807) is 54.7 Å². The average molecular weight is 351 g/mol. The number of furan rings is 1. The van der Waals surface area contributed by atoms with E-state index in [0.29, 0.717) is 17.0 Å². The minimum atomic E-state index is -0.439. The Morgan fingerprint density at radius 1 is 1.04 bits per heavy atom. The number of nitrogens with one attached hydrogen (secondary N) is 2. The van der Waals surface area contributed by atoms with Gasteiger partial charge < -0.3 is 19.6 Å². The van der Waals surface area contributed by atoms with Crippen molar-refractivity contribution in [3.8, 4) is 0 Å². The van der Waals surface area contributed by atoms with Gasteiger partial charge in [-0.2, -0.15) is 0 Å². The molecule has 26 heavy (non-hydrogen) atoms. The second-order valence-corrected chi connectivity index (χ2v) is 5.55. The summed E-state index contributed by atoms with van der Waals surface area (Å²) < 4.78 is 7.00. The van der Waals surface area contributed by atoms with Crippen LogP contribution in [0.5, 0.6) is 0 Å². The lowest BCUT2D eigenvalue weighted by molar-refractivity contribution is 0.0960. The summed E-state index contributed by atoms with van der Waals surface area (Å²) in [6, 6.07) is 14.6. The number of hydrogen-bond acceptors (Lipinski definition) is 4. The number of rotatable bonds is 5. The van der Waals surface area contributed by atoms with Gasteiger partial charge in [-0.1, -0.05) is 12.1 Å². The van der Waals surface area contributed by atoms with Crippen molar-refractivity contribution in [2.24, 2.45) is 0 Å². The Labute approximate surface area is 149 Å². The first-order valence-corrected chi connectivity index (χ1v) is 7.94. The number of hydrogen-bond donors (Lipinski definition) is 2. The van der Waals surface area contributed by atoms with Crippen LogP contribution in [0.15, 0.2) is 70.0 Å². The third kappa shape index (κ3) is 3.89. The molecule has 0 bridgehead atoms. The smallest absolute Gasteiger partial charge is 0.291 e. The zero-order chi connectivity index (χ0) is 18.5. The number of pyridine rings is 1. The van der Waals surface area contributed by atoms with Gasteiger partial charge in [0.2, 0.25) is 0 Å². The van der Waals surface area contributed by atoms with Crippen LogP contribution in [0.2, 0.25) is 0 Å². The number of carbonyl (C=O) groups is 2. The van der Waals surface area contributed by atoms with Crippen molar-refractivity contribution >= 4 is 17.5 Å². The molecule has 0 saturated carbocycles. The molecule has 2 amide bonds. The maximum absolute atomic E-state index is 12.3. The maximum atomic E-state index is 12.3. The Morgan fingerprint density at radius 3 is 2.65 bits per heavy atom. The first kappa shape index (κ1) is 17.2. The third-order valence-electron chi connectivity index (χ3n) is 3.72. The second-order valence-electron chi connectivity index (χ2n) is 5.55. The summed E-state index contributed by atoms with van der Waals surface area (Å²) >= 11 is 0. The van der Waals surface area contributed by atoms with Crippen molar-refractivity contribution in [2.45, 2.75) is 6.54 Å². The molecule has 0 aliphatic heterocycles. The van der Waals surface area contributed by atoms with E-state index >= 15 is 0 Å². The van der Waals surface area contributed by atoms with Gasteiger partial charge in [0.1, 0.15) is 5.76 Å². The van der Waals surface area contributed by atoms with Gasteiger partial charge in [-0.15, -0.1) is 0 Å². The van der Waals surface area contributed by atoms with E-state index in [-0.39, 0.29) is 23.8 Å². The highest BCUT2D eigenvalue weighted by Crippen LogP contribution is 2.14. The van der Waals surface area contributed by atoms with E-state index in [2.05, 4.69) is 10.6 Å². The van der Waals surface area contributed by atoms with E-state index < -0.39 is 5.91 Å². The summed E-state index contributed by atoms with van der Waals surface area (Å²) in [6.45, 7) is 0.235. The number of carbonyl (C=O) groups excluding carboxylic acids is 2. The van der Waals surface area contributed by atoms with Crippen LogP contribution in [0.4, 0.5) is 5.69 Å². The molecule has 3 aromatic rings. The van der Waals surface area contributed by atoms with Crippen molar-refractivity contribution < 1.29 is 14.0 Å². The van der Waals surface area contributed by atoms with Crippen molar-refractivity contribution in [3.05, 3.63) is 88.2 Å². The topological polar surface area (TPSA) is 93.3 Å². The summed E-state index contributed by atoms with van der Waals surface area (Å²) in [5.41, 5.74) is 0.767. The van der Waals surface area contributed by atoms with Crippen LogP contribution in [0.3, 0.4) is 0 Å². The summed E-state index contributed by atoms with van der Waals surface area (Å²) in [7, 11) is 1.54. The first-order valence-electron chi connectivity index (χ1n) is 7.94. The molecule has 2 aromatic heterocycles. The number of anilines is 1. The maximum Gasteiger partial charge on any atom is 0.291 e. The second kappa shape index (κ2) is 7.52. The van der Waals surface area contributed by atoms with Crippen LogP contribution in [0.25, 0.3) is 0 Å². The molecule has 0 aliphatic carbocycles. The van der Waals surface area contributed by atoms with Gasteiger partial charge in [0.15, 0.2) is 5.76 Å². The molecule has 0 atom stereocenters. The molecule has 2 heterocycles. The molecule has 3 rings (SSSR count). The molecule has 0 fully saturated rings. The third-order valence-corrected chi connectivity index (χ3v) is 3.72. The van der Waals surface area contributed by atoms with Crippen LogP contribution < -0.4 is 16.2 Å². The van der Waals surface area contributed by atoms with Gasteiger partial charge in [0, 0.05) is 30.6 Å². The highest BCUT2D eigenvalue weighted by molar-refractivity contribution is 6.03. The van der Waals surface area contributed by atoms with Crippen molar-refractivity contribution in [1.29, 1.82) is 0 Å². The van der Waals surface area contributed by atoms with Crippen LogP contribution in [-0.4, -0.2) is 23.4 Å². The fraction of sp³-hybridized carbons (Fsp3) is 0.105. The van der Waals surface area contributed by atoms with E-state index in [9.17, 15) is 14.4 Å². The largest absolute Gasteiger partial charge is 0.454 e. The molecule has 132 valence electrons. The number of benzene rings is 1. The lowest BCUT2D eigenvalue weighted by Crippen LogP contribution is -2.18. The monoisotopic (exact) mass is 351 g/mol. The zero-order valence-electron chi connectivity index (χ0n) is 14.1. The number of amides is 2. The molecule has 1 aromatic carbocycles. The fourth-order valence-corrected chi connectivity index (χ4v) is 2.42. The first-order chi connectivity index (χ1) is 12.6. The fourth-order valence-electron chi connectivity index (χ4n) is 2.42. The van der Waals surface area contributed by atoms with Crippen LogP contribution in [0.1, 0.15) is 26.7 Å². The van der Waals surface area contributed by atoms with Gasteiger partial charge in [-0.05, 0) is 36.4 Å². The van der Waals surface area contributed by atoms with Crippen molar-refractivity contribution in [2.75, 3.05) is 12.4 Å². The summed E-state index contributed by atoms with van der Waals surface area (Å²) in [5, 5.41) is 5.21. The lowest BCUT2D eigenvalue weighted by Gasteiger charge is -2.06. The van der Waals surface area contributed by atoms with Gasteiger partial charge in [0.05, 0.1) is 6.54 Å². The van der Waals surface area contributed by atoms with E-state index in [1.165, 1.54) is 17.7 Å². The Balaban J connectivity index is 1.71. The van der Waals surface area contributed by atoms with E-state index in [4.69, 9.17) is 4.42 Å². The molecule has 2 N–H and O–H groups in total. The van der Waals surface area contributed by atoms with E-state index in [1.807, 2.05) is 0 Å². The summed E-state index contributed by atoms with van der Waals surface area (Å²) in [6.07, 6.45) is 1.65. The molecule has 0 spiro atoms. The highest BCUT2D eigenvalue weighted by atomic mass is 16.4.